The Labute approximate surface area is 157 Å². The summed E-state index contributed by atoms with van der Waals surface area (Å²) >= 11 is 0. The van der Waals surface area contributed by atoms with Crippen molar-refractivity contribution in [1.82, 2.24) is 9.80 Å². The van der Waals surface area contributed by atoms with Crippen LogP contribution in [0.1, 0.15) is 38.4 Å². The molecule has 0 bridgehead atoms. The fourth-order valence-electron chi connectivity index (χ4n) is 2.85. The van der Waals surface area contributed by atoms with Crippen molar-refractivity contribution >= 4 is 23.5 Å². The number of nitro benzene ring substituents is 1. The Morgan fingerprint density at radius 1 is 1.15 bits per heavy atom. The highest BCUT2D eigenvalue weighted by Crippen LogP contribution is 2.22. The van der Waals surface area contributed by atoms with Crippen LogP contribution in [-0.2, 0) is 19.1 Å². The number of piperazine rings is 1. The SMILES string of the molecule is CC(=O)N1CCN(C(=O)CCC(=O)O[C@@H](C)c2cccc([N+](=O)[O-])c2)CC1. The normalized spacial score (nSPS) is 15.2. The van der Waals surface area contributed by atoms with E-state index in [4.69, 9.17) is 4.74 Å². The van der Waals surface area contributed by atoms with Crippen molar-refractivity contribution in [3.8, 4) is 0 Å². The number of ether oxygens (including phenoxy) is 1. The van der Waals surface area contributed by atoms with Gasteiger partial charge >= 0.3 is 5.97 Å². The molecule has 2 rings (SSSR count). The van der Waals surface area contributed by atoms with Gasteiger partial charge in [-0.05, 0) is 12.5 Å². The van der Waals surface area contributed by atoms with Crippen LogP contribution in [0.4, 0.5) is 5.69 Å². The van der Waals surface area contributed by atoms with E-state index in [9.17, 15) is 24.5 Å². The molecule has 0 saturated carbocycles. The van der Waals surface area contributed by atoms with Gasteiger partial charge in [0.15, 0.2) is 0 Å². The van der Waals surface area contributed by atoms with Gasteiger partial charge in [-0.25, -0.2) is 0 Å². The van der Waals surface area contributed by atoms with Crippen LogP contribution in [0, 0.1) is 10.1 Å². The molecule has 0 spiro atoms. The number of nitrogens with zero attached hydrogens (tertiary/aromatic N) is 3. The number of benzene rings is 1. The van der Waals surface area contributed by atoms with Gasteiger partial charge in [0, 0.05) is 51.7 Å². The van der Waals surface area contributed by atoms with E-state index in [1.165, 1.54) is 25.1 Å². The van der Waals surface area contributed by atoms with Crippen molar-refractivity contribution in [2.75, 3.05) is 26.2 Å². The van der Waals surface area contributed by atoms with Crippen molar-refractivity contribution in [2.24, 2.45) is 0 Å². The Morgan fingerprint density at radius 2 is 1.78 bits per heavy atom. The molecule has 1 aliphatic rings. The highest BCUT2D eigenvalue weighted by atomic mass is 16.6. The van der Waals surface area contributed by atoms with Crippen LogP contribution in [0.15, 0.2) is 24.3 Å². The van der Waals surface area contributed by atoms with Crippen LogP contribution in [-0.4, -0.2) is 58.7 Å². The second-order valence-corrected chi connectivity index (χ2v) is 6.37. The average Bonchev–Trinajstić information content (AvgIpc) is 2.66. The van der Waals surface area contributed by atoms with Gasteiger partial charge in [0.05, 0.1) is 11.3 Å². The summed E-state index contributed by atoms with van der Waals surface area (Å²) in [4.78, 5) is 49.1. The molecule has 1 aromatic rings. The number of hydrogen-bond acceptors (Lipinski definition) is 6. The molecular formula is C18H23N3O6. The van der Waals surface area contributed by atoms with Crippen molar-refractivity contribution in [1.29, 1.82) is 0 Å². The molecule has 1 aromatic carbocycles. The number of amides is 2. The fourth-order valence-corrected chi connectivity index (χ4v) is 2.85. The maximum absolute atomic E-state index is 12.2. The lowest BCUT2D eigenvalue weighted by Crippen LogP contribution is -2.50. The zero-order valence-electron chi connectivity index (χ0n) is 15.4. The molecule has 0 N–H and O–H groups in total. The summed E-state index contributed by atoms with van der Waals surface area (Å²) in [7, 11) is 0. The van der Waals surface area contributed by atoms with Gasteiger partial charge in [-0.1, -0.05) is 12.1 Å². The number of esters is 1. The Hall–Kier alpha value is -2.97. The summed E-state index contributed by atoms with van der Waals surface area (Å²) in [6.45, 7) is 5.02. The van der Waals surface area contributed by atoms with Gasteiger partial charge in [-0.3, -0.25) is 24.5 Å². The molecule has 0 aliphatic carbocycles. The maximum atomic E-state index is 12.2. The molecule has 1 atom stereocenters. The quantitative estimate of drug-likeness (QED) is 0.424. The highest BCUT2D eigenvalue weighted by Gasteiger charge is 2.23. The Kier molecular flexibility index (Phi) is 6.86. The second kappa shape index (κ2) is 9.11. The zero-order chi connectivity index (χ0) is 20.0. The van der Waals surface area contributed by atoms with Crippen LogP contribution in [0.25, 0.3) is 0 Å². The minimum absolute atomic E-state index is 0.0131. The molecule has 9 heteroatoms. The maximum Gasteiger partial charge on any atom is 0.306 e. The number of carbonyl (C=O) groups is 3. The van der Waals surface area contributed by atoms with Crippen molar-refractivity contribution in [3.63, 3.8) is 0 Å². The summed E-state index contributed by atoms with van der Waals surface area (Å²) in [6.07, 6.45) is -0.683. The molecule has 0 aromatic heterocycles. The average molecular weight is 377 g/mol. The van der Waals surface area contributed by atoms with E-state index in [1.807, 2.05) is 0 Å². The summed E-state index contributed by atoms with van der Waals surface area (Å²) in [5, 5.41) is 10.8. The van der Waals surface area contributed by atoms with Crippen molar-refractivity contribution in [3.05, 3.63) is 39.9 Å². The lowest BCUT2D eigenvalue weighted by atomic mass is 10.1. The van der Waals surface area contributed by atoms with E-state index in [2.05, 4.69) is 0 Å². The summed E-state index contributed by atoms with van der Waals surface area (Å²) < 4.78 is 5.27. The van der Waals surface area contributed by atoms with E-state index >= 15 is 0 Å². The first-order chi connectivity index (χ1) is 12.8. The highest BCUT2D eigenvalue weighted by molar-refractivity contribution is 5.82. The molecule has 9 nitrogen and oxygen atoms in total. The number of non-ortho nitro benzene ring substituents is 1. The lowest BCUT2D eigenvalue weighted by molar-refractivity contribution is -0.385. The molecule has 1 aliphatic heterocycles. The molecular weight excluding hydrogens is 354 g/mol. The van der Waals surface area contributed by atoms with Gasteiger partial charge in [0.25, 0.3) is 5.69 Å². The first-order valence-electron chi connectivity index (χ1n) is 8.75. The lowest BCUT2D eigenvalue weighted by Gasteiger charge is -2.34. The summed E-state index contributed by atoms with van der Waals surface area (Å²) in [5.74, 6) is -0.705. The van der Waals surface area contributed by atoms with E-state index < -0.39 is 17.0 Å². The fraction of sp³-hybridized carbons (Fsp3) is 0.500. The summed E-state index contributed by atoms with van der Waals surface area (Å²) in [5.41, 5.74) is 0.444. The van der Waals surface area contributed by atoms with Crippen LogP contribution in [0.5, 0.6) is 0 Å². The molecule has 27 heavy (non-hydrogen) atoms. The van der Waals surface area contributed by atoms with Gasteiger partial charge < -0.3 is 14.5 Å². The predicted molar refractivity (Wildman–Crippen MR) is 95.7 cm³/mol. The largest absolute Gasteiger partial charge is 0.458 e. The molecule has 0 unspecified atom stereocenters. The van der Waals surface area contributed by atoms with E-state index in [1.54, 1.807) is 22.8 Å². The smallest absolute Gasteiger partial charge is 0.306 e. The molecule has 1 saturated heterocycles. The van der Waals surface area contributed by atoms with Gasteiger partial charge in [-0.2, -0.15) is 0 Å². The topological polar surface area (TPSA) is 110 Å². The third kappa shape index (κ3) is 5.77. The third-order valence-electron chi connectivity index (χ3n) is 4.48. The van der Waals surface area contributed by atoms with Gasteiger partial charge in [-0.15, -0.1) is 0 Å². The number of nitro groups is 1. The standard InChI is InChI=1S/C18H23N3O6/c1-13(15-4-3-5-16(12-15)21(25)26)27-18(24)7-6-17(23)20-10-8-19(9-11-20)14(2)22/h3-5,12-13H,6-11H2,1-2H3/t13-/m0/s1. The number of rotatable bonds is 6. The van der Waals surface area contributed by atoms with E-state index in [-0.39, 0.29) is 30.3 Å². The molecule has 2 amide bonds. The second-order valence-electron chi connectivity index (χ2n) is 6.37. The summed E-state index contributed by atoms with van der Waals surface area (Å²) in [6, 6.07) is 5.90. The monoisotopic (exact) mass is 377 g/mol. The minimum atomic E-state index is -0.647. The van der Waals surface area contributed by atoms with Crippen molar-refractivity contribution in [2.45, 2.75) is 32.8 Å². The zero-order valence-corrected chi connectivity index (χ0v) is 15.4. The first kappa shape index (κ1) is 20.3. The van der Waals surface area contributed by atoms with Crippen LogP contribution in [0.2, 0.25) is 0 Å². The van der Waals surface area contributed by atoms with Gasteiger partial charge in [0.1, 0.15) is 6.10 Å². The molecule has 1 heterocycles. The van der Waals surface area contributed by atoms with Crippen LogP contribution in [0.3, 0.4) is 0 Å². The van der Waals surface area contributed by atoms with Crippen LogP contribution >= 0.6 is 0 Å². The molecule has 146 valence electrons. The van der Waals surface area contributed by atoms with E-state index in [0.29, 0.717) is 31.7 Å². The molecule has 1 fully saturated rings. The number of carbonyl (C=O) groups excluding carboxylic acids is 3. The minimum Gasteiger partial charge on any atom is -0.458 e. The van der Waals surface area contributed by atoms with Gasteiger partial charge in [0.2, 0.25) is 11.8 Å². The van der Waals surface area contributed by atoms with Crippen molar-refractivity contribution < 1.29 is 24.0 Å². The molecule has 0 radical (unpaired) electrons. The third-order valence-corrected chi connectivity index (χ3v) is 4.48. The number of hydrogen-bond donors (Lipinski definition) is 0. The van der Waals surface area contributed by atoms with Crippen LogP contribution < -0.4 is 0 Å². The Bertz CT molecular complexity index is 728. The Balaban J connectivity index is 1.79. The first-order valence-corrected chi connectivity index (χ1v) is 8.75. The van der Waals surface area contributed by atoms with E-state index in [0.717, 1.165) is 0 Å². The Morgan fingerprint density at radius 3 is 2.37 bits per heavy atom. The predicted octanol–water partition coefficient (Wildman–Crippen LogP) is 1.67.